The summed E-state index contributed by atoms with van der Waals surface area (Å²) < 4.78 is 34.3. The number of esters is 1. The van der Waals surface area contributed by atoms with Crippen LogP contribution in [0.25, 0.3) is 11.0 Å². The Morgan fingerprint density at radius 1 is 1.11 bits per heavy atom. The third kappa shape index (κ3) is 3.83. The van der Waals surface area contributed by atoms with Crippen LogP contribution in [0.3, 0.4) is 0 Å². The van der Waals surface area contributed by atoms with E-state index in [1.807, 2.05) is 6.07 Å². The second kappa shape index (κ2) is 8.01. The highest BCUT2D eigenvalue weighted by molar-refractivity contribution is 6.00. The molecule has 1 heterocycles. The highest BCUT2D eigenvalue weighted by atomic mass is 19.1. The number of fused-ring (bicyclic) bond motifs is 1. The minimum Gasteiger partial charge on any atom is -0.494 e. The summed E-state index contributed by atoms with van der Waals surface area (Å²) in [5.74, 6) is -2.01. The molecule has 7 heteroatoms. The highest BCUT2D eigenvalue weighted by Gasteiger charge is 2.23. The summed E-state index contributed by atoms with van der Waals surface area (Å²) >= 11 is 0. The topological polar surface area (TPSA) is 75.0 Å². The average molecular weight is 372 g/mol. The van der Waals surface area contributed by atoms with E-state index >= 15 is 0 Å². The van der Waals surface area contributed by atoms with Gasteiger partial charge in [0.2, 0.25) is 5.76 Å². The lowest BCUT2D eigenvalue weighted by molar-refractivity contribution is 0.0441. The molecule has 0 spiro atoms. The first-order valence-electron chi connectivity index (χ1n) is 8.08. The number of ketones is 1. The van der Waals surface area contributed by atoms with Crippen molar-refractivity contribution in [1.29, 1.82) is 0 Å². The second-order valence-corrected chi connectivity index (χ2v) is 5.69. The quantitative estimate of drug-likeness (QED) is 0.464. The fraction of sp³-hybridized carbons (Fsp3) is 0.200. The van der Waals surface area contributed by atoms with Crippen molar-refractivity contribution >= 4 is 22.7 Å². The molecule has 27 heavy (non-hydrogen) atoms. The van der Waals surface area contributed by atoms with Crippen molar-refractivity contribution in [1.82, 2.24) is 0 Å². The molecule has 140 valence electrons. The monoisotopic (exact) mass is 372 g/mol. The fourth-order valence-electron chi connectivity index (χ4n) is 2.67. The molecule has 0 aliphatic rings. The van der Waals surface area contributed by atoms with Crippen LogP contribution >= 0.6 is 0 Å². The van der Waals surface area contributed by atoms with Crippen molar-refractivity contribution in [3.8, 4) is 5.75 Å². The van der Waals surface area contributed by atoms with E-state index in [2.05, 4.69) is 0 Å². The van der Waals surface area contributed by atoms with Gasteiger partial charge in [-0.2, -0.15) is 0 Å². The van der Waals surface area contributed by atoms with E-state index in [1.165, 1.54) is 26.4 Å². The number of Topliss-reactive ketones (excluding diaryl/α,β-unsaturated/α-hetero) is 1. The molecular weight excluding hydrogens is 355 g/mol. The number of carbonyl (C=O) groups is 2. The maximum Gasteiger partial charge on any atom is 0.375 e. The zero-order chi connectivity index (χ0) is 19.4. The molecule has 0 amide bonds. The molecule has 2 aromatic carbocycles. The van der Waals surface area contributed by atoms with Crippen LogP contribution in [0.2, 0.25) is 0 Å². The van der Waals surface area contributed by atoms with Crippen LogP contribution in [0, 0.1) is 5.82 Å². The van der Waals surface area contributed by atoms with Gasteiger partial charge in [0.15, 0.2) is 24.0 Å². The summed E-state index contributed by atoms with van der Waals surface area (Å²) in [7, 11) is 2.82. The maximum atomic E-state index is 13.7. The summed E-state index contributed by atoms with van der Waals surface area (Å²) in [4.78, 5) is 24.6. The predicted octanol–water partition coefficient (Wildman–Crippen LogP) is 3.77. The Bertz CT molecular complexity index is 991. The lowest BCUT2D eigenvalue weighted by Crippen LogP contribution is -2.15. The van der Waals surface area contributed by atoms with Crippen LogP contribution in [-0.4, -0.2) is 32.6 Å². The number of benzene rings is 2. The van der Waals surface area contributed by atoms with Gasteiger partial charge in [-0.15, -0.1) is 0 Å². The molecule has 3 aromatic rings. The third-order valence-corrected chi connectivity index (χ3v) is 3.98. The van der Waals surface area contributed by atoms with Gasteiger partial charge in [0.25, 0.3) is 0 Å². The van der Waals surface area contributed by atoms with Gasteiger partial charge in [0.05, 0.1) is 13.7 Å². The maximum absolute atomic E-state index is 13.7. The molecule has 0 saturated carbocycles. The largest absolute Gasteiger partial charge is 0.494 e. The van der Waals surface area contributed by atoms with E-state index in [-0.39, 0.29) is 23.7 Å². The number of para-hydroxylation sites is 1. The summed E-state index contributed by atoms with van der Waals surface area (Å²) in [5.41, 5.74) is 1.13. The van der Waals surface area contributed by atoms with Crippen molar-refractivity contribution in [3.63, 3.8) is 0 Å². The normalized spacial score (nSPS) is 10.8. The minimum atomic E-state index is -0.791. The van der Waals surface area contributed by atoms with Crippen molar-refractivity contribution in [3.05, 3.63) is 65.2 Å². The van der Waals surface area contributed by atoms with Crippen LogP contribution in [-0.2, 0) is 16.1 Å². The first-order valence-corrected chi connectivity index (χ1v) is 8.08. The minimum absolute atomic E-state index is 0.0215. The molecule has 0 saturated heterocycles. The molecule has 0 aliphatic carbocycles. The summed E-state index contributed by atoms with van der Waals surface area (Å²) in [5, 5.41) is 0.731. The van der Waals surface area contributed by atoms with E-state index in [0.717, 1.165) is 11.5 Å². The van der Waals surface area contributed by atoms with Crippen molar-refractivity contribution in [2.45, 2.75) is 6.61 Å². The van der Waals surface area contributed by atoms with Gasteiger partial charge >= 0.3 is 5.97 Å². The lowest BCUT2D eigenvalue weighted by Gasteiger charge is -2.06. The molecule has 0 fully saturated rings. The zero-order valence-corrected chi connectivity index (χ0v) is 14.8. The van der Waals surface area contributed by atoms with Gasteiger partial charge in [-0.25, -0.2) is 9.18 Å². The Balaban J connectivity index is 1.76. The number of rotatable bonds is 7. The number of hydrogen-bond donors (Lipinski definition) is 0. The van der Waals surface area contributed by atoms with Gasteiger partial charge in [-0.05, 0) is 24.3 Å². The first kappa shape index (κ1) is 18.6. The van der Waals surface area contributed by atoms with E-state index < -0.39 is 24.2 Å². The SMILES string of the molecule is COCc1c(C(=O)OCC(=O)c2ccc(OC)c(F)c2)oc2ccccc12. The number of ether oxygens (including phenoxy) is 3. The summed E-state index contributed by atoms with van der Waals surface area (Å²) in [6.45, 7) is -0.396. The van der Waals surface area contributed by atoms with Crippen LogP contribution in [0.1, 0.15) is 26.5 Å². The van der Waals surface area contributed by atoms with Gasteiger partial charge in [0.1, 0.15) is 5.58 Å². The van der Waals surface area contributed by atoms with E-state index in [4.69, 9.17) is 18.6 Å². The van der Waals surface area contributed by atoms with Crippen LogP contribution in [0.4, 0.5) is 4.39 Å². The van der Waals surface area contributed by atoms with Crippen LogP contribution in [0.5, 0.6) is 5.75 Å². The summed E-state index contributed by atoms with van der Waals surface area (Å²) in [6.07, 6.45) is 0. The Morgan fingerprint density at radius 2 is 1.89 bits per heavy atom. The Hall–Kier alpha value is -3.19. The highest BCUT2D eigenvalue weighted by Crippen LogP contribution is 2.27. The third-order valence-electron chi connectivity index (χ3n) is 3.98. The first-order chi connectivity index (χ1) is 13.0. The lowest BCUT2D eigenvalue weighted by atomic mass is 10.1. The Morgan fingerprint density at radius 3 is 2.59 bits per heavy atom. The molecule has 3 rings (SSSR count). The van der Waals surface area contributed by atoms with E-state index in [9.17, 15) is 14.0 Å². The number of carbonyl (C=O) groups excluding carboxylic acids is 2. The number of methoxy groups -OCH3 is 2. The van der Waals surface area contributed by atoms with Crippen molar-refractivity contribution in [2.75, 3.05) is 20.8 Å². The van der Waals surface area contributed by atoms with Gasteiger partial charge in [-0.3, -0.25) is 4.79 Å². The molecule has 0 radical (unpaired) electrons. The number of halogens is 1. The van der Waals surface area contributed by atoms with Gasteiger partial charge in [0, 0.05) is 23.6 Å². The number of hydrogen-bond acceptors (Lipinski definition) is 6. The Kier molecular flexibility index (Phi) is 5.52. The molecule has 1 aromatic heterocycles. The molecule has 0 N–H and O–H groups in total. The molecule has 0 unspecified atom stereocenters. The van der Waals surface area contributed by atoms with Crippen molar-refractivity contribution < 1.29 is 32.6 Å². The van der Waals surface area contributed by atoms with E-state index in [0.29, 0.717) is 11.1 Å². The van der Waals surface area contributed by atoms with Crippen molar-refractivity contribution in [2.24, 2.45) is 0 Å². The van der Waals surface area contributed by atoms with E-state index in [1.54, 1.807) is 18.2 Å². The second-order valence-electron chi connectivity index (χ2n) is 5.69. The van der Waals surface area contributed by atoms with Crippen LogP contribution in [0.15, 0.2) is 46.9 Å². The molecule has 6 nitrogen and oxygen atoms in total. The predicted molar refractivity (Wildman–Crippen MR) is 94.5 cm³/mol. The molecule has 0 atom stereocenters. The Labute approximate surface area is 154 Å². The smallest absolute Gasteiger partial charge is 0.375 e. The average Bonchev–Trinajstić information content (AvgIpc) is 3.05. The molecular formula is C20H17FO6. The fourth-order valence-corrected chi connectivity index (χ4v) is 2.67. The standard InChI is InChI=1S/C20H17FO6/c1-24-10-14-13-5-3-4-6-17(13)27-19(14)20(23)26-11-16(22)12-7-8-18(25-2)15(21)9-12/h3-9H,10-11H2,1-2H3. The van der Waals surface area contributed by atoms with Gasteiger partial charge < -0.3 is 18.6 Å². The molecule has 0 bridgehead atoms. The molecule has 0 aliphatic heterocycles. The summed E-state index contributed by atoms with van der Waals surface area (Å²) in [6, 6.07) is 10.9. The van der Waals surface area contributed by atoms with Gasteiger partial charge in [-0.1, -0.05) is 18.2 Å². The zero-order valence-electron chi connectivity index (χ0n) is 14.8. The van der Waals surface area contributed by atoms with Crippen LogP contribution < -0.4 is 4.74 Å². The number of furan rings is 1.